The lowest BCUT2D eigenvalue weighted by Crippen LogP contribution is -2.65. The molecule has 2 aliphatic carbocycles. The first kappa shape index (κ1) is 15.6. The number of carbonyl (C=O) groups is 1. The van der Waals surface area contributed by atoms with E-state index in [-0.39, 0.29) is 5.91 Å². The number of nitrogens with zero attached hydrogens (tertiary/aromatic N) is 1. The highest BCUT2D eigenvalue weighted by Crippen LogP contribution is 2.53. The van der Waals surface area contributed by atoms with Crippen molar-refractivity contribution in [3.05, 3.63) is 34.7 Å². The number of hydrogen-bond donors (Lipinski definition) is 1. The van der Waals surface area contributed by atoms with Crippen LogP contribution in [0.2, 0.25) is 0 Å². The molecule has 1 aromatic heterocycles. The molecule has 1 spiro atoms. The largest absolute Gasteiger partial charge is 0.346 e. The second-order valence-electron chi connectivity index (χ2n) is 8.88. The van der Waals surface area contributed by atoms with E-state index in [2.05, 4.69) is 34.5 Å². The van der Waals surface area contributed by atoms with Gasteiger partial charge in [0.2, 0.25) is 0 Å². The number of fused-ring (bicyclic) bond motifs is 3. The van der Waals surface area contributed by atoms with Gasteiger partial charge in [-0.2, -0.15) is 0 Å². The fourth-order valence-electron chi connectivity index (χ4n) is 5.77. The molecule has 7 rings (SSSR count). The number of nitrogens with one attached hydrogen (secondary N) is 1. The molecule has 2 saturated carbocycles. The van der Waals surface area contributed by atoms with Gasteiger partial charge in [0, 0.05) is 10.2 Å². The molecule has 4 heteroatoms. The van der Waals surface area contributed by atoms with Gasteiger partial charge in [0.25, 0.3) is 5.91 Å². The van der Waals surface area contributed by atoms with Crippen LogP contribution < -0.4 is 5.32 Å². The van der Waals surface area contributed by atoms with Gasteiger partial charge in [-0.1, -0.05) is 24.6 Å². The molecule has 1 amide bonds. The van der Waals surface area contributed by atoms with Crippen LogP contribution in [0.5, 0.6) is 0 Å². The molecule has 2 bridgehead atoms. The molecule has 4 heterocycles. The first-order chi connectivity index (χ1) is 12.7. The summed E-state index contributed by atoms with van der Waals surface area (Å²) < 4.78 is 1.34. The Morgan fingerprint density at radius 3 is 2.65 bits per heavy atom. The van der Waals surface area contributed by atoms with Crippen LogP contribution >= 0.6 is 11.3 Å². The van der Waals surface area contributed by atoms with E-state index in [1.165, 1.54) is 73.7 Å². The van der Waals surface area contributed by atoms with Crippen molar-refractivity contribution in [1.82, 2.24) is 10.2 Å². The third kappa shape index (κ3) is 2.18. The lowest BCUT2D eigenvalue weighted by atomic mass is 9.77. The highest BCUT2D eigenvalue weighted by Gasteiger charge is 2.60. The minimum atomic E-state index is 0.163. The third-order valence-electron chi connectivity index (χ3n) is 7.61. The summed E-state index contributed by atoms with van der Waals surface area (Å²) in [5, 5.41) is 4.74. The Morgan fingerprint density at radius 2 is 1.96 bits per heavy atom. The SMILES string of the molecule is O=C(N[C@H]1C2CCN(CC2)C12CC2)c1cc2cccc(C3CCC3)c2s1. The molecule has 0 unspecified atom stereocenters. The average Bonchev–Trinajstić information content (AvgIpc) is 3.26. The van der Waals surface area contributed by atoms with Crippen molar-refractivity contribution in [1.29, 1.82) is 0 Å². The van der Waals surface area contributed by atoms with E-state index in [1.807, 2.05) is 0 Å². The summed E-state index contributed by atoms with van der Waals surface area (Å²) >= 11 is 1.71. The monoisotopic (exact) mass is 366 g/mol. The van der Waals surface area contributed by atoms with Crippen molar-refractivity contribution in [3.63, 3.8) is 0 Å². The van der Waals surface area contributed by atoms with Gasteiger partial charge in [-0.05, 0) is 80.5 Å². The molecule has 1 atom stereocenters. The minimum Gasteiger partial charge on any atom is -0.346 e. The molecule has 26 heavy (non-hydrogen) atoms. The Kier molecular flexibility index (Phi) is 3.34. The Hall–Kier alpha value is -1.39. The number of thiophene rings is 1. The van der Waals surface area contributed by atoms with Gasteiger partial charge >= 0.3 is 0 Å². The molecular weight excluding hydrogens is 340 g/mol. The number of piperidine rings is 3. The first-order valence-electron chi connectivity index (χ1n) is 10.3. The highest BCUT2D eigenvalue weighted by molar-refractivity contribution is 7.21. The Morgan fingerprint density at radius 1 is 1.15 bits per heavy atom. The van der Waals surface area contributed by atoms with E-state index in [0.29, 0.717) is 23.4 Å². The predicted octanol–water partition coefficient (Wildman–Crippen LogP) is 4.53. The summed E-state index contributed by atoms with van der Waals surface area (Å²) in [5.41, 5.74) is 1.78. The van der Waals surface area contributed by atoms with Gasteiger partial charge in [0.1, 0.15) is 0 Å². The summed E-state index contributed by atoms with van der Waals surface area (Å²) in [6, 6.07) is 9.10. The number of benzene rings is 1. The quantitative estimate of drug-likeness (QED) is 0.866. The fraction of sp³-hybridized carbons (Fsp3) is 0.591. The smallest absolute Gasteiger partial charge is 0.261 e. The zero-order valence-corrected chi connectivity index (χ0v) is 16.0. The Balaban J connectivity index is 1.29. The van der Waals surface area contributed by atoms with E-state index in [0.717, 1.165) is 4.88 Å². The average molecular weight is 367 g/mol. The van der Waals surface area contributed by atoms with E-state index >= 15 is 0 Å². The maximum Gasteiger partial charge on any atom is 0.261 e. The van der Waals surface area contributed by atoms with E-state index in [1.54, 1.807) is 11.3 Å². The lowest BCUT2D eigenvalue weighted by molar-refractivity contribution is -0.00138. The minimum absolute atomic E-state index is 0.163. The summed E-state index contributed by atoms with van der Waals surface area (Å²) in [6.45, 7) is 2.48. The van der Waals surface area contributed by atoms with Gasteiger partial charge in [-0.15, -0.1) is 11.3 Å². The van der Waals surface area contributed by atoms with Gasteiger partial charge in [0.15, 0.2) is 0 Å². The maximum absolute atomic E-state index is 13.1. The van der Waals surface area contributed by atoms with Gasteiger partial charge in [-0.3, -0.25) is 9.69 Å². The van der Waals surface area contributed by atoms with Crippen molar-refractivity contribution >= 4 is 27.3 Å². The third-order valence-corrected chi connectivity index (χ3v) is 8.81. The van der Waals surface area contributed by atoms with Crippen LogP contribution in [0.15, 0.2) is 24.3 Å². The van der Waals surface area contributed by atoms with Gasteiger partial charge in [0.05, 0.1) is 10.9 Å². The van der Waals surface area contributed by atoms with E-state index in [4.69, 9.17) is 0 Å². The topological polar surface area (TPSA) is 32.3 Å². The zero-order valence-electron chi connectivity index (χ0n) is 15.2. The summed E-state index contributed by atoms with van der Waals surface area (Å²) in [7, 11) is 0. The second kappa shape index (κ2) is 5.56. The normalized spacial score (nSPS) is 31.9. The molecule has 3 aliphatic heterocycles. The van der Waals surface area contributed by atoms with Crippen molar-refractivity contribution in [2.75, 3.05) is 13.1 Å². The number of hydrogen-bond acceptors (Lipinski definition) is 3. The van der Waals surface area contributed by atoms with Crippen LogP contribution in [0.3, 0.4) is 0 Å². The highest BCUT2D eigenvalue weighted by atomic mass is 32.1. The molecule has 136 valence electrons. The lowest BCUT2D eigenvalue weighted by Gasteiger charge is -2.52. The van der Waals surface area contributed by atoms with Crippen molar-refractivity contribution in [2.24, 2.45) is 5.92 Å². The molecule has 1 aromatic carbocycles. The van der Waals surface area contributed by atoms with Crippen LogP contribution in [0.1, 0.15) is 66.1 Å². The number of amides is 1. The molecule has 5 aliphatic rings. The number of rotatable bonds is 3. The van der Waals surface area contributed by atoms with E-state index in [9.17, 15) is 4.79 Å². The van der Waals surface area contributed by atoms with Crippen LogP contribution in [-0.2, 0) is 0 Å². The second-order valence-corrected chi connectivity index (χ2v) is 9.94. The van der Waals surface area contributed by atoms with Crippen LogP contribution in [-0.4, -0.2) is 35.5 Å². The molecule has 2 aromatic rings. The van der Waals surface area contributed by atoms with Crippen LogP contribution in [0.25, 0.3) is 10.1 Å². The molecule has 3 saturated heterocycles. The Bertz CT molecular complexity index is 871. The fourth-order valence-corrected chi connectivity index (χ4v) is 6.93. The van der Waals surface area contributed by atoms with Crippen LogP contribution in [0.4, 0.5) is 0 Å². The maximum atomic E-state index is 13.1. The van der Waals surface area contributed by atoms with Crippen molar-refractivity contribution in [3.8, 4) is 0 Å². The molecule has 0 radical (unpaired) electrons. The van der Waals surface area contributed by atoms with E-state index < -0.39 is 0 Å². The molecular formula is C22H26N2OS. The first-order valence-corrected chi connectivity index (χ1v) is 11.1. The predicted molar refractivity (Wildman–Crippen MR) is 106 cm³/mol. The van der Waals surface area contributed by atoms with Gasteiger partial charge < -0.3 is 5.32 Å². The zero-order chi connectivity index (χ0) is 17.3. The Labute approximate surface area is 158 Å². The van der Waals surface area contributed by atoms with Gasteiger partial charge in [-0.25, -0.2) is 0 Å². The molecule has 3 nitrogen and oxygen atoms in total. The van der Waals surface area contributed by atoms with Crippen molar-refractivity contribution in [2.45, 2.75) is 62.4 Å². The summed E-state index contributed by atoms with van der Waals surface area (Å²) in [5.74, 6) is 1.56. The van der Waals surface area contributed by atoms with Crippen LogP contribution in [0, 0.1) is 5.92 Å². The summed E-state index contributed by atoms with van der Waals surface area (Å²) in [6.07, 6.45) is 9.01. The molecule has 1 N–H and O–H groups in total. The molecule has 5 fully saturated rings. The number of carbonyl (C=O) groups excluding carboxylic acids is 1. The van der Waals surface area contributed by atoms with Crippen molar-refractivity contribution < 1.29 is 4.79 Å². The standard InChI is InChI=1S/C22H26N2OS/c25-21(23-20-15-7-11-24(12-8-15)22(20)9-10-22)18-13-16-5-2-6-17(19(16)26-18)14-3-1-4-14/h2,5-6,13-15,20H,1,3-4,7-12H2,(H,23,25)/t20-/m0/s1. The summed E-state index contributed by atoms with van der Waals surface area (Å²) in [4.78, 5) is 16.7.